The molecule has 3 rings (SSSR count). The van der Waals surface area contributed by atoms with Gasteiger partial charge in [0.2, 0.25) is 0 Å². The molecule has 0 aliphatic heterocycles. The number of aliphatic carboxylic acids is 1. The number of halogens is 1. The Hall–Kier alpha value is -4.52. The van der Waals surface area contributed by atoms with Crippen LogP contribution in [0.15, 0.2) is 36.4 Å². The minimum absolute atomic E-state index is 0.00939. The molecule has 0 unspecified atom stereocenters. The van der Waals surface area contributed by atoms with Gasteiger partial charge in [0.25, 0.3) is 5.91 Å². The average molecular weight is 515 g/mol. The molecule has 0 atom stereocenters. The van der Waals surface area contributed by atoms with Crippen molar-refractivity contribution < 1.29 is 28.7 Å². The first-order valence-electron chi connectivity index (χ1n) is 10.6. The van der Waals surface area contributed by atoms with Crippen molar-refractivity contribution in [2.45, 2.75) is 20.3 Å². The predicted molar refractivity (Wildman–Crippen MR) is 134 cm³/mol. The first kappa shape index (κ1) is 26.1. The molecule has 188 valence electrons. The number of aryl methyl sites for hydroxylation is 2. The van der Waals surface area contributed by atoms with Crippen molar-refractivity contribution in [3.8, 4) is 10.4 Å². The number of nitrogens with zero attached hydrogens (tertiary/aromatic N) is 1. The molecular weight excluding hydrogens is 491 g/mol. The second-order valence-corrected chi connectivity index (χ2v) is 8.49. The number of carboxylic acid groups (broad SMARTS) is 1. The average Bonchev–Trinajstić information content (AvgIpc) is 3.19. The summed E-state index contributed by atoms with van der Waals surface area (Å²) >= 11 is 0.938. The number of aromatic nitrogens is 1. The van der Waals surface area contributed by atoms with Crippen LogP contribution < -0.4 is 27.0 Å². The van der Waals surface area contributed by atoms with E-state index in [2.05, 4.69) is 25.6 Å². The molecule has 0 radical (unpaired) electrons. The molecule has 11 nitrogen and oxygen atoms in total. The lowest BCUT2D eigenvalue weighted by Crippen LogP contribution is -2.31. The van der Waals surface area contributed by atoms with Gasteiger partial charge in [-0.25, -0.2) is 14.0 Å². The predicted octanol–water partition coefficient (Wildman–Crippen LogP) is 3.91. The van der Waals surface area contributed by atoms with Gasteiger partial charge in [-0.3, -0.25) is 14.9 Å². The Morgan fingerprint density at radius 1 is 1.03 bits per heavy atom. The lowest BCUT2D eigenvalue weighted by molar-refractivity contribution is -0.136. The first-order chi connectivity index (χ1) is 17.0. The quantitative estimate of drug-likeness (QED) is 0.266. The molecule has 7 N–H and O–H groups in total. The summed E-state index contributed by atoms with van der Waals surface area (Å²) in [4.78, 5) is 47.5. The fraction of sp³-hybridized carbons (Fsp3) is 0.174. The highest BCUT2D eigenvalue weighted by atomic mass is 32.1. The van der Waals surface area contributed by atoms with Gasteiger partial charge in [-0.1, -0.05) is 12.1 Å². The maximum atomic E-state index is 13.9. The van der Waals surface area contributed by atoms with Crippen molar-refractivity contribution in [2.75, 3.05) is 22.5 Å². The van der Waals surface area contributed by atoms with E-state index in [1.807, 2.05) is 0 Å². The summed E-state index contributed by atoms with van der Waals surface area (Å²) in [6.45, 7) is 3.41. The van der Waals surface area contributed by atoms with Crippen LogP contribution in [0.3, 0.4) is 0 Å². The zero-order valence-electron chi connectivity index (χ0n) is 19.3. The van der Waals surface area contributed by atoms with Crippen LogP contribution in [0.4, 0.5) is 31.2 Å². The van der Waals surface area contributed by atoms with Gasteiger partial charge in [0, 0.05) is 12.2 Å². The molecule has 2 aromatic carbocycles. The van der Waals surface area contributed by atoms with Gasteiger partial charge < -0.3 is 26.8 Å². The number of nitrogens with two attached hydrogens (primary N) is 1. The molecule has 0 saturated carbocycles. The van der Waals surface area contributed by atoms with Gasteiger partial charge in [0.05, 0.1) is 17.0 Å². The third-order valence-corrected chi connectivity index (χ3v) is 5.77. The van der Waals surface area contributed by atoms with Crippen molar-refractivity contribution in [3.63, 3.8) is 0 Å². The summed E-state index contributed by atoms with van der Waals surface area (Å²) in [6.07, 6.45) is -0.268. The number of hydrogen-bond acceptors (Lipinski definition) is 6. The zero-order valence-corrected chi connectivity index (χ0v) is 20.1. The third kappa shape index (κ3) is 6.54. The molecular formula is C23H23FN6O5S. The fourth-order valence-electron chi connectivity index (χ4n) is 3.24. The summed E-state index contributed by atoms with van der Waals surface area (Å²) < 4.78 is 18.0. The monoisotopic (exact) mass is 514 g/mol. The lowest BCUT2D eigenvalue weighted by atomic mass is 10.0. The van der Waals surface area contributed by atoms with Crippen LogP contribution in [0, 0.1) is 19.7 Å². The van der Waals surface area contributed by atoms with E-state index in [1.165, 1.54) is 12.1 Å². The van der Waals surface area contributed by atoms with Crippen molar-refractivity contribution in [1.82, 2.24) is 9.69 Å². The van der Waals surface area contributed by atoms with E-state index < -0.39 is 29.8 Å². The van der Waals surface area contributed by atoms with E-state index in [0.29, 0.717) is 21.7 Å². The van der Waals surface area contributed by atoms with E-state index in [4.69, 9.17) is 10.8 Å². The number of hydrogen-bond donors (Lipinski definition) is 6. The smallest absolute Gasteiger partial charge is 0.323 e. The summed E-state index contributed by atoms with van der Waals surface area (Å²) in [6, 6.07) is 7.88. The van der Waals surface area contributed by atoms with Crippen LogP contribution in [-0.2, 0) is 4.79 Å². The van der Waals surface area contributed by atoms with Gasteiger partial charge >= 0.3 is 18.0 Å². The Morgan fingerprint density at radius 3 is 2.44 bits per heavy atom. The molecule has 0 saturated heterocycles. The standard InChI is InChI=1S/C23H23FN6O5S/c1-11-3-6-15(24)16(9-11)28-23(35)27-13-4-5-14(12(2)10-13)19-18(20(25)33)21(30-36-19)29-22(34)26-8-7-17(31)32/h3-6,9-10H,7-8H2,1-2H3,(H2,25,33)(H,31,32)(H2,27,28,35)(H2,26,29,30,34). The molecule has 13 heteroatoms. The van der Waals surface area contributed by atoms with Crippen LogP contribution in [-0.4, -0.2) is 40.0 Å². The number of nitrogens with one attached hydrogen (secondary N) is 4. The number of urea groups is 2. The molecule has 5 amide bonds. The van der Waals surface area contributed by atoms with Crippen LogP contribution >= 0.6 is 11.5 Å². The maximum Gasteiger partial charge on any atom is 0.323 e. The molecule has 1 heterocycles. The van der Waals surface area contributed by atoms with Crippen LogP contribution in [0.5, 0.6) is 0 Å². The van der Waals surface area contributed by atoms with Crippen molar-refractivity contribution >= 4 is 52.7 Å². The van der Waals surface area contributed by atoms with E-state index in [-0.39, 0.29) is 30.0 Å². The molecule has 36 heavy (non-hydrogen) atoms. The van der Waals surface area contributed by atoms with E-state index in [1.54, 1.807) is 38.1 Å². The maximum absolute atomic E-state index is 13.9. The van der Waals surface area contributed by atoms with E-state index in [9.17, 15) is 23.6 Å². The van der Waals surface area contributed by atoms with Gasteiger partial charge in [0.15, 0.2) is 5.82 Å². The SMILES string of the molecule is Cc1ccc(F)c(NC(=O)Nc2ccc(-c3snc(NC(=O)NCCC(=O)O)c3C(N)=O)c(C)c2)c1. The zero-order chi connectivity index (χ0) is 26.4. The van der Waals surface area contributed by atoms with Crippen molar-refractivity contribution in [1.29, 1.82) is 0 Å². The Bertz CT molecular complexity index is 1340. The van der Waals surface area contributed by atoms with Crippen LogP contribution in [0.2, 0.25) is 0 Å². The summed E-state index contributed by atoms with van der Waals surface area (Å²) in [7, 11) is 0. The number of primary amides is 1. The number of carboxylic acids is 1. The highest BCUT2D eigenvalue weighted by molar-refractivity contribution is 7.10. The Labute approximate surface area is 209 Å². The number of carbonyl (C=O) groups excluding carboxylic acids is 3. The molecule has 0 spiro atoms. The second kappa shape index (κ2) is 11.3. The van der Waals surface area contributed by atoms with Crippen LogP contribution in [0.1, 0.15) is 27.9 Å². The Morgan fingerprint density at radius 2 is 1.78 bits per heavy atom. The van der Waals surface area contributed by atoms with Crippen LogP contribution in [0.25, 0.3) is 10.4 Å². The molecule has 0 fully saturated rings. The number of amides is 5. The van der Waals surface area contributed by atoms with Crippen molar-refractivity contribution in [3.05, 3.63) is 58.9 Å². The van der Waals surface area contributed by atoms with E-state index >= 15 is 0 Å². The normalized spacial score (nSPS) is 10.4. The molecule has 0 aliphatic rings. The topological polar surface area (TPSA) is 176 Å². The van der Waals surface area contributed by atoms with Gasteiger partial charge in [-0.15, -0.1) is 0 Å². The first-order valence-corrected chi connectivity index (χ1v) is 11.3. The highest BCUT2D eigenvalue weighted by Gasteiger charge is 2.23. The molecule has 1 aromatic heterocycles. The van der Waals surface area contributed by atoms with E-state index in [0.717, 1.165) is 17.1 Å². The van der Waals surface area contributed by atoms with Gasteiger partial charge in [-0.05, 0) is 66.3 Å². The summed E-state index contributed by atoms with van der Waals surface area (Å²) in [5, 5.41) is 18.5. The Balaban J connectivity index is 1.76. The second-order valence-electron chi connectivity index (χ2n) is 7.72. The number of benzene rings is 2. The van der Waals surface area contributed by atoms with Gasteiger partial charge in [0.1, 0.15) is 11.4 Å². The molecule has 3 aromatic rings. The number of rotatable bonds is 8. The summed E-state index contributed by atoms with van der Waals surface area (Å²) in [5.41, 5.74) is 8.04. The fourth-order valence-corrected chi connectivity index (χ4v) is 4.17. The minimum atomic E-state index is -1.07. The third-order valence-electron chi connectivity index (χ3n) is 4.89. The largest absolute Gasteiger partial charge is 0.481 e. The summed E-state index contributed by atoms with van der Waals surface area (Å²) in [5.74, 6) is -2.51. The van der Waals surface area contributed by atoms with Gasteiger partial charge in [-0.2, -0.15) is 4.37 Å². The molecule has 0 bridgehead atoms. The number of carbonyl (C=O) groups is 4. The minimum Gasteiger partial charge on any atom is -0.481 e. The molecule has 0 aliphatic carbocycles. The van der Waals surface area contributed by atoms with Crippen molar-refractivity contribution in [2.24, 2.45) is 5.73 Å². The Kier molecular flexibility index (Phi) is 8.17. The highest BCUT2D eigenvalue weighted by Crippen LogP contribution is 2.36. The number of anilines is 3. The lowest BCUT2D eigenvalue weighted by Gasteiger charge is -2.12.